The van der Waals surface area contributed by atoms with Gasteiger partial charge in [0.2, 0.25) is 41.4 Å². The number of benzene rings is 3. The lowest BCUT2D eigenvalue weighted by Gasteiger charge is -2.35. The van der Waals surface area contributed by atoms with Crippen LogP contribution in [0.2, 0.25) is 0 Å². The number of para-hydroxylation sites is 1. The molecule has 4 aromatic rings. The van der Waals surface area contributed by atoms with Crippen molar-refractivity contribution < 1.29 is 38.7 Å². The number of β-amino-alcohol motifs (C(OH)–C–C–N with tert-alkyl or cyclic N) is 1. The molecule has 3 aliphatic heterocycles. The van der Waals surface area contributed by atoms with Crippen molar-refractivity contribution in [1.82, 2.24) is 31.2 Å². The van der Waals surface area contributed by atoms with Gasteiger partial charge in [-0.2, -0.15) is 0 Å². The van der Waals surface area contributed by atoms with Crippen LogP contribution in [0, 0.1) is 12.3 Å². The molecule has 17 nitrogen and oxygen atoms in total. The van der Waals surface area contributed by atoms with Crippen molar-refractivity contribution in [2.75, 3.05) is 11.4 Å². The van der Waals surface area contributed by atoms with Crippen molar-refractivity contribution in [2.24, 2.45) is 16.9 Å². The van der Waals surface area contributed by atoms with Crippen LogP contribution in [0.3, 0.4) is 0 Å². The lowest BCUT2D eigenvalue weighted by atomic mass is 9.85. The number of hydrogen-bond donors (Lipinski definition) is 7. The Morgan fingerprint density at radius 1 is 0.859 bits per heavy atom. The van der Waals surface area contributed by atoms with Crippen LogP contribution < -0.4 is 37.6 Å². The maximum Gasteiger partial charge on any atom is 0.246 e. The maximum atomic E-state index is 14.1. The predicted octanol–water partition coefficient (Wildman–Crippen LogP) is 3.63. The summed E-state index contributed by atoms with van der Waals surface area (Å²) in [6, 6.07) is 16.8. The van der Waals surface area contributed by atoms with Gasteiger partial charge in [0.25, 0.3) is 0 Å². The van der Waals surface area contributed by atoms with Crippen molar-refractivity contribution in [1.29, 1.82) is 0 Å². The monoisotopic (exact) mass is 989 g/mol. The number of aryl methyl sites for hydroxylation is 3. The van der Waals surface area contributed by atoms with E-state index in [0.717, 1.165) is 56.8 Å². The number of aliphatic hydroxyl groups excluding tert-OH is 1. The minimum atomic E-state index is -1.08. The van der Waals surface area contributed by atoms with Crippen molar-refractivity contribution >= 4 is 58.4 Å². The van der Waals surface area contributed by atoms with Crippen molar-refractivity contribution in [3.63, 3.8) is 0 Å². The van der Waals surface area contributed by atoms with E-state index in [-0.39, 0.29) is 69.5 Å². The first-order valence-electron chi connectivity index (χ1n) is 24.6. The second-order valence-corrected chi connectivity index (χ2v) is 21.0. The molecule has 7 amide bonds. The zero-order chi connectivity index (χ0) is 51.0. The number of primary amides is 1. The second-order valence-electron chi connectivity index (χ2n) is 20.1. The Morgan fingerprint density at radius 2 is 1.58 bits per heavy atom. The van der Waals surface area contributed by atoms with Gasteiger partial charge in [0.15, 0.2) is 0 Å². The Morgan fingerprint density at radius 3 is 2.30 bits per heavy atom. The van der Waals surface area contributed by atoms with Crippen molar-refractivity contribution in [3.8, 4) is 10.4 Å². The number of amides is 7. The number of rotatable bonds is 20. The molecule has 3 aromatic carbocycles. The van der Waals surface area contributed by atoms with Gasteiger partial charge >= 0.3 is 0 Å². The number of unbranched alkanes of at least 4 members (excludes halogenated alkanes) is 2. The molecule has 0 radical (unpaired) electrons. The molecule has 71 heavy (non-hydrogen) atoms. The molecule has 378 valence electrons. The van der Waals surface area contributed by atoms with E-state index in [2.05, 4.69) is 26.3 Å². The molecule has 0 spiro atoms. The van der Waals surface area contributed by atoms with Gasteiger partial charge in [0, 0.05) is 45.3 Å². The molecular weight excluding hydrogens is 923 g/mol. The molecular formula is C53H67N9O8S. The summed E-state index contributed by atoms with van der Waals surface area (Å²) in [6.45, 7) is 7.93. The van der Waals surface area contributed by atoms with Crippen LogP contribution >= 0.6 is 11.3 Å². The first-order valence-corrected chi connectivity index (χ1v) is 25.4. The van der Waals surface area contributed by atoms with E-state index in [9.17, 15) is 38.7 Å². The number of carbonyl (C=O) groups is 7. The molecule has 18 heteroatoms. The summed E-state index contributed by atoms with van der Waals surface area (Å²) >= 11 is 1.57. The van der Waals surface area contributed by atoms with Gasteiger partial charge in [-0.25, -0.2) is 4.98 Å². The lowest BCUT2D eigenvalue weighted by molar-refractivity contribution is -0.144. The third-order valence-corrected chi connectivity index (χ3v) is 14.6. The Labute approximate surface area is 418 Å². The summed E-state index contributed by atoms with van der Waals surface area (Å²) < 4.78 is 0. The van der Waals surface area contributed by atoms with E-state index in [1.807, 2.05) is 99.9 Å². The van der Waals surface area contributed by atoms with Gasteiger partial charge in [-0.05, 0) is 84.2 Å². The van der Waals surface area contributed by atoms with E-state index in [1.165, 1.54) is 9.80 Å². The maximum absolute atomic E-state index is 14.1. The highest BCUT2D eigenvalue weighted by Crippen LogP contribution is 2.39. The van der Waals surface area contributed by atoms with Gasteiger partial charge in [-0.1, -0.05) is 93.9 Å². The molecule has 0 saturated carbocycles. The summed E-state index contributed by atoms with van der Waals surface area (Å²) in [4.78, 5) is 102. The lowest BCUT2D eigenvalue weighted by Crippen LogP contribution is -2.57. The van der Waals surface area contributed by atoms with Crippen LogP contribution in [-0.4, -0.2) is 99.2 Å². The first kappa shape index (κ1) is 52.3. The number of nitrogens with zero attached hydrogens (tertiary/aromatic N) is 3. The minimum Gasteiger partial charge on any atom is -0.391 e. The average molecular weight is 990 g/mol. The molecule has 4 heterocycles. The third-order valence-electron chi connectivity index (χ3n) is 13.6. The summed E-state index contributed by atoms with van der Waals surface area (Å²) in [5.41, 5.74) is 20.0. The predicted molar refractivity (Wildman–Crippen MR) is 270 cm³/mol. The van der Waals surface area contributed by atoms with Crippen LogP contribution in [0.4, 0.5) is 5.69 Å². The summed E-state index contributed by atoms with van der Waals surface area (Å²) in [5.74, 6) is -3.03. The fraction of sp³-hybridized carbons (Fsp3) is 0.472. The van der Waals surface area contributed by atoms with Gasteiger partial charge in [-0.3, -0.25) is 38.5 Å². The van der Waals surface area contributed by atoms with Crippen LogP contribution in [-0.2, 0) is 65.9 Å². The number of likely N-dealkylation sites (tertiary alicyclic amines) is 1. The standard InChI is InChI=1S/C53H67N9O8S/c1-31-46(71-30-58-31)36-18-16-33(17-19-36)27-57-49(67)41-26-38(63)29-61(41)52(70)47(53(2,3)4)60-44(65)15-7-5-6-10-32-11-8-12-34(24-32)28-56-48(66)40(22-23-43(55)64)59-50(68)42-25-37-14-9-13-35-20-21-39(54)51(69)62(42)45(35)37/h8-9,11-14,16-19,24,30,38-42,47,63H,5-7,10,15,20-23,25-29,54H2,1-4H3,(H2,55,64)(H,56,66)(H,57,67)(H,59,68)(H,60,65)/t38-,39+,40+,41+,42+,47-/m1/s1. The number of aromatic nitrogens is 1. The molecule has 0 unspecified atom stereocenters. The Balaban J connectivity index is 0.860. The molecule has 3 aliphatic rings. The zero-order valence-electron chi connectivity index (χ0n) is 41.0. The van der Waals surface area contributed by atoms with Crippen LogP contribution in [0.5, 0.6) is 0 Å². The quantitative estimate of drug-likeness (QED) is 0.0633. The van der Waals surface area contributed by atoms with E-state index in [4.69, 9.17) is 11.5 Å². The molecule has 1 aromatic heterocycles. The Hall–Kier alpha value is -6.50. The number of anilines is 1. The number of hydrogen-bond acceptors (Lipinski definition) is 11. The Kier molecular flexibility index (Phi) is 17.1. The summed E-state index contributed by atoms with van der Waals surface area (Å²) in [5, 5.41) is 22.2. The molecule has 7 rings (SSSR count). The van der Waals surface area contributed by atoms with Crippen molar-refractivity contribution in [2.45, 2.75) is 148 Å². The minimum absolute atomic E-state index is 0.0121. The third kappa shape index (κ3) is 13.1. The van der Waals surface area contributed by atoms with Gasteiger partial charge in [0.1, 0.15) is 24.2 Å². The number of carbonyl (C=O) groups excluding carboxylic acids is 7. The van der Waals surface area contributed by atoms with Crippen LogP contribution in [0.1, 0.15) is 106 Å². The highest BCUT2D eigenvalue weighted by molar-refractivity contribution is 7.13. The number of nitrogens with two attached hydrogens (primary N) is 2. The zero-order valence-corrected chi connectivity index (χ0v) is 41.8. The fourth-order valence-electron chi connectivity index (χ4n) is 9.70. The van der Waals surface area contributed by atoms with E-state index in [0.29, 0.717) is 31.4 Å². The molecule has 1 fully saturated rings. The first-order chi connectivity index (χ1) is 33.9. The molecule has 0 aliphatic carbocycles. The number of aliphatic hydroxyl groups is 1. The topological polar surface area (TPSA) is 259 Å². The number of thiazole rings is 1. The van der Waals surface area contributed by atoms with Gasteiger partial charge in [-0.15, -0.1) is 11.3 Å². The Bertz CT molecular complexity index is 2610. The second kappa shape index (κ2) is 23.2. The number of nitrogens with one attached hydrogen (secondary N) is 4. The molecule has 6 atom stereocenters. The van der Waals surface area contributed by atoms with E-state index < -0.39 is 65.4 Å². The van der Waals surface area contributed by atoms with E-state index >= 15 is 0 Å². The highest BCUT2D eigenvalue weighted by atomic mass is 32.1. The van der Waals surface area contributed by atoms with Gasteiger partial charge < -0.3 is 42.7 Å². The SMILES string of the molecule is Cc1ncsc1-c1ccc(CNC(=O)[C@@H]2C[C@@H](O)CN2C(=O)[C@@H](NC(=O)CCCCCc2cccc(CNC(=O)[C@H](CCC(N)=O)NC(=O)[C@@H]3Cc4cccc5c4N3C(=O)[C@@H](N)CC5)c2)C(C)(C)C)cc1. The van der Waals surface area contributed by atoms with Gasteiger partial charge in [0.05, 0.1) is 33.9 Å². The molecule has 0 bridgehead atoms. The average Bonchev–Trinajstić information content (AvgIpc) is 4.06. The normalized spacial score (nSPS) is 19.3. The van der Waals surface area contributed by atoms with Crippen LogP contribution in [0.15, 0.2) is 72.2 Å². The van der Waals surface area contributed by atoms with Crippen molar-refractivity contribution in [3.05, 3.63) is 106 Å². The van der Waals surface area contributed by atoms with E-state index in [1.54, 1.807) is 11.3 Å². The summed E-state index contributed by atoms with van der Waals surface area (Å²) in [7, 11) is 0. The largest absolute Gasteiger partial charge is 0.391 e. The smallest absolute Gasteiger partial charge is 0.246 e. The molecule has 1 saturated heterocycles. The van der Waals surface area contributed by atoms with Crippen LogP contribution in [0.25, 0.3) is 10.4 Å². The molecule has 9 N–H and O–H groups in total. The highest BCUT2D eigenvalue weighted by Gasteiger charge is 2.45. The fourth-order valence-corrected chi connectivity index (χ4v) is 10.5. The summed E-state index contributed by atoms with van der Waals surface area (Å²) in [6.07, 6.45) is 3.41.